The zero-order valence-corrected chi connectivity index (χ0v) is 21.1. The average molecular weight is 460 g/mol. The number of hydrogen-bond donors (Lipinski definition) is 1. The van der Waals surface area contributed by atoms with Crippen LogP contribution in [0.4, 0.5) is 5.95 Å². The van der Waals surface area contributed by atoms with Crippen molar-refractivity contribution in [1.82, 2.24) is 19.4 Å². The van der Waals surface area contributed by atoms with Gasteiger partial charge in [-0.2, -0.15) is 4.98 Å². The Kier molecular flexibility index (Phi) is 7.48. The molecule has 1 aromatic carbocycles. The zero-order chi connectivity index (χ0) is 23.3. The number of fused-ring (bicyclic) bond motifs is 1. The van der Waals surface area contributed by atoms with Crippen LogP contribution >= 0.6 is 0 Å². The molecule has 2 aromatic heterocycles. The molecule has 5 rings (SSSR count). The first kappa shape index (κ1) is 23.3. The van der Waals surface area contributed by atoms with Crippen LogP contribution in [0, 0.1) is 0 Å². The maximum absolute atomic E-state index is 5.05. The molecule has 0 bridgehead atoms. The first-order chi connectivity index (χ1) is 16.7. The third-order valence-corrected chi connectivity index (χ3v) is 7.76. The molecule has 0 spiro atoms. The summed E-state index contributed by atoms with van der Waals surface area (Å²) < 4.78 is 2.46. The van der Waals surface area contributed by atoms with Gasteiger partial charge in [-0.25, -0.2) is 4.98 Å². The summed E-state index contributed by atoms with van der Waals surface area (Å²) in [6.45, 7) is 7.98. The molecule has 5 heteroatoms. The third kappa shape index (κ3) is 5.30. The summed E-state index contributed by atoms with van der Waals surface area (Å²) in [5.41, 5.74) is 5.03. The van der Waals surface area contributed by atoms with E-state index in [0.717, 1.165) is 31.0 Å². The lowest BCUT2D eigenvalue weighted by molar-refractivity contribution is 0.221. The molecule has 2 aliphatic rings. The van der Waals surface area contributed by atoms with Gasteiger partial charge >= 0.3 is 0 Å². The topological polar surface area (TPSA) is 46.0 Å². The predicted molar refractivity (Wildman–Crippen MR) is 142 cm³/mol. The van der Waals surface area contributed by atoms with Gasteiger partial charge in [0.15, 0.2) is 0 Å². The Balaban J connectivity index is 1.45. The van der Waals surface area contributed by atoms with Gasteiger partial charge in [-0.1, -0.05) is 63.3 Å². The molecular formula is C29H41N5. The van der Waals surface area contributed by atoms with Crippen LogP contribution in [0.3, 0.4) is 0 Å². The van der Waals surface area contributed by atoms with Gasteiger partial charge in [0.1, 0.15) is 5.65 Å². The molecule has 1 N–H and O–H groups in total. The first-order valence-corrected chi connectivity index (χ1v) is 13.7. The molecule has 1 aliphatic heterocycles. The van der Waals surface area contributed by atoms with Crippen molar-refractivity contribution in [2.24, 2.45) is 0 Å². The van der Waals surface area contributed by atoms with E-state index in [1.54, 1.807) is 0 Å². The van der Waals surface area contributed by atoms with Gasteiger partial charge < -0.3 is 9.88 Å². The lowest BCUT2D eigenvalue weighted by Crippen LogP contribution is -2.28. The van der Waals surface area contributed by atoms with E-state index in [1.165, 1.54) is 86.5 Å². The Labute approximate surface area is 205 Å². The van der Waals surface area contributed by atoms with Crippen molar-refractivity contribution in [3.8, 4) is 11.1 Å². The van der Waals surface area contributed by atoms with E-state index in [1.807, 2.05) is 6.20 Å². The molecule has 1 aliphatic carbocycles. The molecule has 2 fully saturated rings. The highest BCUT2D eigenvalue weighted by molar-refractivity contribution is 5.94. The largest absolute Gasteiger partial charge is 0.352 e. The number of nitrogens with zero attached hydrogens (tertiary/aromatic N) is 4. The van der Waals surface area contributed by atoms with E-state index in [9.17, 15) is 0 Å². The van der Waals surface area contributed by atoms with Gasteiger partial charge in [0.05, 0.1) is 0 Å². The van der Waals surface area contributed by atoms with Crippen LogP contribution in [0.25, 0.3) is 22.2 Å². The van der Waals surface area contributed by atoms with Gasteiger partial charge in [0.2, 0.25) is 5.95 Å². The number of anilines is 1. The Hall–Kier alpha value is -2.40. The summed E-state index contributed by atoms with van der Waals surface area (Å²) in [7, 11) is 0. The fourth-order valence-electron chi connectivity index (χ4n) is 5.86. The number of aromatic nitrogens is 3. The van der Waals surface area contributed by atoms with Crippen LogP contribution in [0.5, 0.6) is 0 Å². The quantitative estimate of drug-likeness (QED) is 0.387. The Morgan fingerprint density at radius 3 is 2.47 bits per heavy atom. The minimum absolute atomic E-state index is 0.382. The highest BCUT2D eigenvalue weighted by Crippen LogP contribution is 2.36. The standard InChI is InChI=1S/C29H41N5/c1-3-10-22(2)31-29-30-19-26-27(21-34(28(26)32-29)25-11-6-4-7-12-25)24-15-13-23(14-16-24)20-33-17-8-5-9-18-33/h13-16,19,21-22,25H,3-12,17-18,20H2,1-2H3,(H,30,31,32). The van der Waals surface area contributed by atoms with Gasteiger partial charge in [-0.3, -0.25) is 4.90 Å². The molecule has 3 heterocycles. The van der Waals surface area contributed by atoms with Crippen LogP contribution in [0.2, 0.25) is 0 Å². The molecule has 1 atom stereocenters. The molecular weight excluding hydrogens is 418 g/mol. The number of rotatable bonds is 8. The molecule has 5 nitrogen and oxygen atoms in total. The maximum atomic E-state index is 5.05. The monoisotopic (exact) mass is 459 g/mol. The highest BCUT2D eigenvalue weighted by atomic mass is 15.2. The maximum Gasteiger partial charge on any atom is 0.224 e. The van der Waals surface area contributed by atoms with Crippen LogP contribution < -0.4 is 5.32 Å². The average Bonchev–Trinajstić information content (AvgIpc) is 3.25. The second-order valence-electron chi connectivity index (χ2n) is 10.5. The smallest absolute Gasteiger partial charge is 0.224 e. The zero-order valence-electron chi connectivity index (χ0n) is 21.1. The van der Waals surface area contributed by atoms with E-state index in [2.05, 4.69) is 59.1 Å². The van der Waals surface area contributed by atoms with E-state index < -0.39 is 0 Å². The first-order valence-electron chi connectivity index (χ1n) is 13.7. The SMILES string of the molecule is CCCC(C)Nc1ncc2c(-c3ccc(CN4CCCCC4)cc3)cn(C3CCCCC3)c2n1. The van der Waals surface area contributed by atoms with E-state index in [-0.39, 0.29) is 0 Å². The van der Waals surface area contributed by atoms with E-state index in [0.29, 0.717) is 12.1 Å². The summed E-state index contributed by atoms with van der Waals surface area (Å²) in [5.74, 6) is 0.757. The summed E-state index contributed by atoms with van der Waals surface area (Å²) in [6, 6.07) is 10.2. The molecule has 1 saturated carbocycles. The molecule has 182 valence electrons. The Bertz CT molecular complexity index is 1060. The van der Waals surface area contributed by atoms with Gasteiger partial charge in [-0.15, -0.1) is 0 Å². The van der Waals surface area contributed by atoms with Crippen LogP contribution in [0.15, 0.2) is 36.7 Å². The summed E-state index contributed by atoms with van der Waals surface area (Å²) >= 11 is 0. The predicted octanol–water partition coefficient (Wildman–Crippen LogP) is 7.19. The third-order valence-electron chi connectivity index (χ3n) is 7.76. The summed E-state index contributed by atoms with van der Waals surface area (Å²) in [5, 5.41) is 4.69. The molecule has 1 unspecified atom stereocenters. The fraction of sp³-hybridized carbons (Fsp3) is 0.586. The number of benzene rings is 1. The number of nitrogens with one attached hydrogen (secondary N) is 1. The van der Waals surface area contributed by atoms with Gasteiger partial charge in [0.25, 0.3) is 0 Å². The Morgan fingerprint density at radius 1 is 1.00 bits per heavy atom. The van der Waals surface area contributed by atoms with Gasteiger partial charge in [0, 0.05) is 42.0 Å². The van der Waals surface area contributed by atoms with E-state index >= 15 is 0 Å². The number of hydrogen-bond acceptors (Lipinski definition) is 4. The van der Waals surface area contributed by atoms with Gasteiger partial charge in [-0.05, 0) is 63.2 Å². The van der Waals surface area contributed by atoms with Crippen molar-refractivity contribution >= 4 is 17.0 Å². The fourth-order valence-corrected chi connectivity index (χ4v) is 5.86. The number of likely N-dealkylation sites (tertiary alicyclic amines) is 1. The van der Waals surface area contributed by atoms with Crippen LogP contribution in [-0.2, 0) is 6.54 Å². The van der Waals surface area contributed by atoms with Crippen molar-refractivity contribution < 1.29 is 0 Å². The van der Waals surface area contributed by atoms with Crippen molar-refractivity contribution in [2.75, 3.05) is 18.4 Å². The van der Waals surface area contributed by atoms with Crippen molar-refractivity contribution in [3.63, 3.8) is 0 Å². The van der Waals surface area contributed by atoms with Crippen molar-refractivity contribution in [2.45, 2.75) is 96.7 Å². The Morgan fingerprint density at radius 2 is 1.74 bits per heavy atom. The van der Waals surface area contributed by atoms with Crippen molar-refractivity contribution in [3.05, 3.63) is 42.2 Å². The van der Waals surface area contributed by atoms with Crippen LogP contribution in [0.1, 0.15) is 89.7 Å². The van der Waals surface area contributed by atoms with E-state index in [4.69, 9.17) is 9.97 Å². The molecule has 0 radical (unpaired) electrons. The second-order valence-corrected chi connectivity index (χ2v) is 10.5. The molecule has 1 saturated heterocycles. The molecule has 34 heavy (non-hydrogen) atoms. The number of piperidine rings is 1. The minimum atomic E-state index is 0.382. The molecule has 3 aromatic rings. The second kappa shape index (κ2) is 10.9. The lowest BCUT2D eigenvalue weighted by atomic mass is 9.95. The summed E-state index contributed by atoms with van der Waals surface area (Å²) in [6.07, 6.45) is 17.2. The minimum Gasteiger partial charge on any atom is -0.352 e. The normalized spacial score (nSPS) is 18.9. The lowest BCUT2D eigenvalue weighted by Gasteiger charge is -2.26. The summed E-state index contributed by atoms with van der Waals surface area (Å²) in [4.78, 5) is 12.4. The van der Waals surface area contributed by atoms with Crippen LogP contribution in [-0.4, -0.2) is 38.6 Å². The highest BCUT2D eigenvalue weighted by Gasteiger charge is 2.21. The molecule has 0 amide bonds. The van der Waals surface area contributed by atoms with Crippen molar-refractivity contribution in [1.29, 1.82) is 0 Å².